The highest BCUT2D eigenvalue weighted by Gasteiger charge is 2.27. The van der Waals surface area contributed by atoms with Crippen LogP contribution in [0, 0.1) is 5.92 Å². The molecule has 3 rings (SSSR count). The van der Waals surface area contributed by atoms with Crippen LogP contribution in [0.15, 0.2) is 47.9 Å². The van der Waals surface area contributed by atoms with E-state index in [0.717, 1.165) is 31.6 Å². The van der Waals surface area contributed by atoms with Crippen LogP contribution in [-0.2, 0) is 9.53 Å². The summed E-state index contributed by atoms with van der Waals surface area (Å²) in [5, 5.41) is 5.92. The minimum Gasteiger partial charge on any atom is -0.381 e. The summed E-state index contributed by atoms with van der Waals surface area (Å²) in [6.07, 6.45) is 5.35. The number of carbonyl (C=O) groups is 1. The Balaban J connectivity index is 1.67. The van der Waals surface area contributed by atoms with Crippen LogP contribution < -0.4 is 5.32 Å². The molecule has 1 N–H and O–H groups in total. The van der Waals surface area contributed by atoms with Crippen LogP contribution in [0.3, 0.4) is 0 Å². The van der Waals surface area contributed by atoms with Gasteiger partial charge in [0.25, 0.3) is 0 Å². The Hall–Kier alpha value is -1.62. The molecule has 1 aliphatic rings. The summed E-state index contributed by atoms with van der Waals surface area (Å²) in [5.74, 6) is 0.347. The van der Waals surface area contributed by atoms with Crippen LogP contribution in [0.2, 0.25) is 5.02 Å². The molecule has 1 aromatic carbocycles. The number of rotatable bonds is 5. The topological polar surface area (TPSA) is 38.3 Å². The maximum absolute atomic E-state index is 12.4. The molecule has 0 aliphatic carbocycles. The lowest BCUT2D eigenvalue weighted by molar-refractivity contribution is -0.117. The van der Waals surface area contributed by atoms with E-state index in [-0.39, 0.29) is 11.9 Å². The number of benzene rings is 1. The first-order valence-corrected chi connectivity index (χ1v) is 9.33. The summed E-state index contributed by atoms with van der Waals surface area (Å²) in [7, 11) is 0. The fourth-order valence-corrected chi connectivity index (χ4v) is 3.88. The van der Waals surface area contributed by atoms with Crippen LogP contribution >= 0.6 is 22.9 Å². The maximum Gasteiger partial charge on any atom is 0.244 e. The van der Waals surface area contributed by atoms with E-state index in [0.29, 0.717) is 10.9 Å². The van der Waals surface area contributed by atoms with E-state index in [1.165, 1.54) is 4.88 Å². The Morgan fingerprint density at radius 2 is 2.00 bits per heavy atom. The Labute approximate surface area is 151 Å². The number of nitrogens with one attached hydrogen (secondary N) is 1. The molecule has 1 aliphatic heterocycles. The molecule has 0 bridgehead atoms. The SMILES string of the molecule is O=C(C=Cc1ccc(Cl)cc1)NC(c1cccs1)C1CCOCC1. The fraction of sp³-hybridized carbons (Fsp3) is 0.316. The third-order valence-electron chi connectivity index (χ3n) is 4.18. The average Bonchev–Trinajstić information content (AvgIpc) is 3.14. The van der Waals surface area contributed by atoms with Crippen molar-refractivity contribution in [2.75, 3.05) is 13.2 Å². The molecule has 0 spiro atoms. The highest BCUT2D eigenvalue weighted by molar-refractivity contribution is 7.10. The zero-order valence-corrected chi connectivity index (χ0v) is 14.9. The molecule has 24 heavy (non-hydrogen) atoms. The quantitative estimate of drug-likeness (QED) is 0.784. The van der Waals surface area contributed by atoms with Gasteiger partial charge in [-0.2, -0.15) is 0 Å². The van der Waals surface area contributed by atoms with Crippen molar-refractivity contribution in [3.8, 4) is 0 Å². The summed E-state index contributed by atoms with van der Waals surface area (Å²) in [4.78, 5) is 13.6. The van der Waals surface area contributed by atoms with Crippen molar-refractivity contribution in [1.82, 2.24) is 5.32 Å². The van der Waals surface area contributed by atoms with Gasteiger partial charge in [0.05, 0.1) is 6.04 Å². The van der Waals surface area contributed by atoms with Crippen LogP contribution in [0.5, 0.6) is 0 Å². The molecule has 1 amide bonds. The maximum atomic E-state index is 12.4. The first kappa shape index (κ1) is 17.2. The molecule has 2 aromatic rings. The van der Waals surface area contributed by atoms with Crippen molar-refractivity contribution in [2.45, 2.75) is 18.9 Å². The number of hydrogen-bond donors (Lipinski definition) is 1. The Bertz CT molecular complexity index is 676. The molecule has 2 heterocycles. The van der Waals surface area contributed by atoms with Crippen molar-refractivity contribution in [3.05, 3.63) is 63.3 Å². The standard InChI is InChI=1S/C19H20ClNO2S/c20-16-6-3-14(4-7-16)5-8-18(22)21-19(17-2-1-13-24-17)15-9-11-23-12-10-15/h1-8,13,15,19H,9-12H2,(H,21,22). The van der Waals surface area contributed by atoms with Crippen LogP contribution in [0.4, 0.5) is 0 Å². The largest absolute Gasteiger partial charge is 0.381 e. The molecule has 5 heteroatoms. The van der Waals surface area contributed by atoms with E-state index in [1.54, 1.807) is 23.5 Å². The number of amides is 1. The first-order valence-electron chi connectivity index (χ1n) is 8.07. The van der Waals surface area contributed by atoms with E-state index >= 15 is 0 Å². The summed E-state index contributed by atoms with van der Waals surface area (Å²) < 4.78 is 5.45. The van der Waals surface area contributed by atoms with E-state index in [9.17, 15) is 4.79 Å². The van der Waals surface area contributed by atoms with Gasteiger partial charge in [0, 0.05) is 29.2 Å². The normalized spacial score (nSPS) is 17.0. The van der Waals surface area contributed by atoms with Gasteiger partial charge >= 0.3 is 0 Å². The van der Waals surface area contributed by atoms with Crippen LogP contribution in [0.1, 0.15) is 29.3 Å². The highest BCUT2D eigenvalue weighted by Crippen LogP contribution is 2.32. The van der Waals surface area contributed by atoms with Gasteiger partial charge in [-0.15, -0.1) is 11.3 Å². The van der Waals surface area contributed by atoms with Crippen molar-refractivity contribution >= 4 is 34.9 Å². The molecular formula is C19H20ClNO2S. The predicted octanol–water partition coefficient (Wildman–Crippen LogP) is 4.70. The molecule has 1 atom stereocenters. The van der Waals surface area contributed by atoms with E-state index in [1.807, 2.05) is 30.3 Å². The summed E-state index contributed by atoms with van der Waals surface area (Å²) in [6, 6.07) is 11.6. The highest BCUT2D eigenvalue weighted by atomic mass is 35.5. The second-order valence-corrected chi connectivity index (χ2v) is 7.25. The third kappa shape index (κ3) is 4.69. The van der Waals surface area contributed by atoms with Crippen LogP contribution in [-0.4, -0.2) is 19.1 Å². The fourth-order valence-electron chi connectivity index (χ4n) is 2.89. The number of ether oxygens (including phenoxy) is 1. The van der Waals surface area contributed by atoms with Gasteiger partial charge < -0.3 is 10.1 Å². The molecular weight excluding hydrogens is 342 g/mol. The van der Waals surface area contributed by atoms with E-state index < -0.39 is 0 Å². The molecule has 0 saturated carbocycles. The predicted molar refractivity (Wildman–Crippen MR) is 99.2 cm³/mol. The lowest BCUT2D eigenvalue weighted by Crippen LogP contribution is -2.34. The Morgan fingerprint density at radius 3 is 2.67 bits per heavy atom. The third-order valence-corrected chi connectivity index (χ3v) is 5.39. The number of hydrogen-bond acceptors (Lipinski definition) is 3. The van der Waals surface area contributed by atoms with Gasteiger partial charge in [0.15, 0.2) is 0 Å². The molecule has 1 fully saturated rings. The van der Waals surface area contributed by atoms with Crippen molar-refractivity contribution in [1.29, 1.82) is 0 Å². The molecule has 0 radical (unpaired) electrons. The molecule has 1 aromatic heterocycles. The molecule has 3 nitrogen and oxygen atoms in total. The molecule has 126 valence electrons. The Morgan fingerprint density at radius 1 is 1.25 bits per heavy atom. The molecule has 1 saturated heterocycles. The second-order valence-electron chi connectivity index (χ2n) is 5.84. The lowest BCUT2D eigenvalue weighted by atomic mass is 9.90. The smallest absolute Gasteiger partial charge is 0.244 e. The van der Waals surface area contributed by atoms with Crippen LogP contribution in [0.25, 0.3) is 6.08 Å². The summed E-state index contributed by atoms with van der Waals surface area (Å²) in [6.45, 7) is 1.53. The zero-order valence-electron chi connectivity index (χ0n) is 13.3. The zero-order chi connectivity index (χ0) is 16.8. The van der Waals surface area contributed by atoms with Gasteiger partial charge in [-0.1, -0.05) is 29.8 Å². The first-order chi connectivity index (χ1) is 11.7. The monoisotopic (exact) mass is 361 g/mol. The average molecular weight is 362 g/mol. The van der Waals surface area contributed by atoms with Gasteiger partial charge in [0.2, 0.25) is 5.91 Å². The van der Waals surface area contributed by atoms with Gasteiger partial charge in [-0.05, 0) is 54.0 Å². The van der Waals surface area contributed by atoms with E-state index in [2.05, 4.69) is 16.8 Å². The van der Waals surface area contributed by atoms with Gasteiger partial charge in [-0.3, -0.25) is 4.79 Å². The molecule has 1 unspecified atom stereocenters. The van der Waals surface area contributed by atoms with Crippen molar-refractivity contribution in [3.63, 3.8) is 0 Å². The number of carbonyl (C=O) groups excluding carboxylic acids is 1. The number of thiophene rings is 1. The van der Waals surface area contributed by atoms with Crippen molar-refractivity contribution in [2.24, 2.45) is 5.92 Å². The van der Waals surface area contributed by atoms with Gasteiger partial charge in [-0.25, -0.2) is 0 Å². The number of halogens is 1. The second kappa shape index (κ2) is 8.47. The van der Waals surface area contributed by atoms with Gasteiger partial charge in [0.1, 0.15) is 0 Å². The lowest BCUT2D eigenvalue weighted by Gasteiger charge is -2.30. The van der Waals surface area contributed by atoms with E-state index in [4.69, 9.17) is 16.3 Å². The minimum absolute atomic E-state index is 0.0521. The minimum atomic E-state index is -0.0742. The Kier molecular flexibility index (Phi) is 6.07. The van der Waals surface area contributed by atoms with Crippen molar-refractivity contribution < 1.29 is 9.53 Å². The summed E-state index contributed by atoms with van der Waals surface area (Å²) in [5.41, 5.74) is 0.952. The summed E-state index contributed by atoms with van der Waals surface area (Å²) >= 11 is 7.56.